The van der Waals surface area contributed by atoms with E-state index in [0.717, 1.165) is 11.8 Å². The fourth-order valence-electron chi connectivity index (χ4n) is 4.76. The first-order valence-corrected chi connectivity index (χ1v) is 13.1. The van der Waals surface area contributed by atoms with Gasteiger partial charge in [0.25, 0.3) is 0 Å². The summed E-state index contributed by atoms with van der Waals surface area (Å²) in [6, 6.07) is 0.867. The zero-order chi connectivity index (χ0) is 21.0. The molecule has 2 heteroatoms. The van der Waals surface area contributed by atoms with Gasteiger partial charge < -0.3 is 11.5 Å². The van der Waals surface area contributed by atoms with E-state index in [1.165, 1.54) is 116 Å². The van der Waals surface area contributed by atoms with Gasteiger partial charge in [0.05, 0.1) is 0 Å². The summed E-state index contributed by atoms with van der Waals surface area (Å²) in [5, 5.41) is 0. The first-order valence-electron chi connectivity index (χ1n) is 13.1. The molecule has 28 heavy (non-hydrogen) atoms. The third-order valence-electron chi connectivity index (χ3n) is 6.71. The predicted octanol–water partition coefficient (Wildman–Crippen LogP) is 7.97. The van der Waals surface area contributed by atoms with Crippen molar-refractivity contribution >= 4 is 0 Å². The van der Waals surface area contributed by atoms with Gasteiger partial charge in [-0.1, -0.05) is 105 Å². The van der Waals surface area contributed by atoms with Crippen molar-refractivity contribution in [1.82, 2.24) is 0 Å². The fraction of sp³-hybridized carbons (Fsp3) is 1.00. The molecule has 0 saturated carbocycles. The lowest BCUT2D eigenvalue weighted by Crippen LogP contribution is -2.30. The number of hydrogen-bond donors (Lipinski definition) is 2. The molecule has 0 aliphatic carbocycles. The largest absolute Gasteiger partial charge is 0.327 e. The molecular weight excluding hydrogens is 340 g/mol. The zero-order valence-electron chi connectivity index (χ0n) is 20.2. The Morgan fingerprint density at radius 2 is 0.750 bits per heavy atom. The summed E-state index contributed by atoms with van der Waals surface area (Å²) >= 11 is 0. The van der Waals surface area contributed by atoms with E-state index in [2.05, 4.69) is 27.7 Å². The third kappa shape index (κ3) is 14.9. The van der Waals surface area contributed by atoms with E-state index < -0.39 is 0 Å². The molecule has 0 fully saturated rings. The number of unbranched alkanes of at least 4 members (excludes halogenated alkanes) is 7. The molecule has 2 nitrogen and oxygen atoms in total. The van der Waals surface area contributed by atoms with E-state index >= 15 is 0 Å². The van der Waals surface area contributed by atoms with Gasteiger partial charge in [0.15, 0.2) is 0 Å². The van der Waals surface area contributed by atoms with Gasteiger partial charge in [0, 0.05) is 12.1 Å². The minimum absolute atomic E-state index is 0.433. The first-order chi connectivity index (χ1) is 13.6. The average Bonchev–Trinajstić information content (AvgIpc) is 2.69. The van der Waals surface area contributed by atoms with Crippen LogP contribution in [0.4, 0.5) is 0 Å². The molecule has 0 aliphatic heterocycles. The summed E-state index contributed by atoms with van der Waals surface area (Å²) in [5.74, 6) is 1.52. The smallest absolute Gasteiger partial charge is 0.00671 e. The van der Waals surface area contributed by atoms with Crippen LogP contribution in [0.2, 0.25) is 0 Å². The van der Waals surface area contributed by atoms with E-state index in [1.807, 2.05) is 0 Å². The molecule has 0 aromatic heterocycles. The van der Waals surface area contributed by atoms with E-state index in [-0.39, 0.29) is 0 Å². The molecule has 0 spiro atoms. The van der Waals surface area contributed by atoms with Crippen molar-refractivity contribution in [2.24, 2.45) is 23.3 Å². The fourth-order valence-corrected chi connectivity index (χ4v) is 4.76. The Morgan fingerprint density at radius 1 is 0.393 bits per heavy atom. The minimum Gasteiger partial charge on any atom is -0.327 e. The van der Waals surface area contributed by atoms with Gasteiger partial charge in [-0.3, -0.25) is 0 Å². The van der Waals surface area contributed by atoms with E-state index in [9.17, 15) is 0 Å². The molecule has 0 bridgehead atoms. The lowest BCUT2D eigenvalue weighted by molar-refractivity contribution is 0.329. The molecular formula is C26H56N2. The van der Waals surface area contributed by atoms with Crippen LogP contribution in [0.15, 0.2) is 0 Å². The lowest BCUT2D eigenvalue weighted by Gasteiger charge is -2.24. The monoisotopic (exact) mass is 396 g/mol. The third-order valence-corrected chi connectivity index (χ3v) is 6.71. The topological polar surface area (TPSA) is 52.0 Å². The Balaban J connectivity index is 3.76. The van der Waals surface area contributed by atoms with Gasteiger partial charge in [-0.05, 0) is 50.4 Å². The van der Waals surface area contributed by atoms with Crippen molar-refractivity contribution in [2.45, 2.75) is 155 Å². The summed E-state index contributed by atoms with van der Waals surface area (Å²) in [6.07, 6.45) is 23.7. The molecule has 4 N–H and O–H groups in total. The summed E-state index contributed by atoms with van der Waals surface area (Å²) in [4.78, 5) is 0. The summed E-state index contributed by atoms with van der Waals surface area (Å²) < 4.78 is 0. The molecule has 4 unspecified atom stereocenters. The van der Waals surface area contributed by atoms with Gasteiger partial charge in [0.1, 0.15) is 0 Å². The Labute approximate surface area is 179 Å². The van der Waals surface area contributed by atoms with Crippen LogP contribution in [0.25, 0.3) is 0 Å². The van der Waals surface area contributed by atoms with Crippen molar-refractivity contribution < 1.29 is 0 Å². The molecule has 0 aromatic rings. The summed E-state index contributed by atoms with van der Waals surface area (Å²) in [7, 11) is 0. The maximum absolute atomic E-state index is 6.51. The normalized spacial score (nSPS) is 16.1. The maximum Gasteiger partial charge on any atom is 0.00671 e. The van der Waals surface area contributed by atoms with Crippen LogP contribution < -0.4 is 11.5 Å². The highest BCUT2D eigenvalue weighted by molar-refractivity contribution is 4.74. The second kappa shape index (κ2) is 20.2. The van der Waals surface area contributed by atoms with Crippen molar-refractivity contribution in [2.75, 3.05) is 0 Å². The van der Waals surface area contributed by atoms with Gasteiger partial charge in [-0.2, -0.15) is 0 Å². The molecule has 0 saturated heterocycles. The van der Waals surface area contributed by atoms with Crippen molar-refractivity contribution in [3.05, 3.63) is 0 Å². The molecule has 4 atom stereocenters. The molecule has 0 heterocycles. The van der Waals surface area contributed by atoms with E-state index in [0.29, 0.717) is 12.1 Å². The van der Waals surface area contributed by atoms with Crippen molar-refractivity contribution in [1.29, 1.82) is 0 Å². The standard InChI is InChI=1S/C26H56N2/c1-5-9-19-23(17-7-3)25(27)21-15-13-11-12-14-16-22-26(28)24(18-8-4)20-10-6-2/h23-26H,5-22,27-28H2,1-4H3. The van der Waals surface area contributed by atoms with Crippen LogP contribution in [0.3, 0.4) is 0 Å². The van der Waals surface area contributed by atoms with Crippen LogP contribution >= 0.6 is 0 Å². The van der Waals surface area contributed by atoms with Gasteiger partial charge in [0.2, 0.25) is 0 Å². The Hall–Kier alpha value is -0.0800. The van der Waals surface area contributed by atoms with Gasteiger partial charge in [-0.15, -0.1) is 0 Å². The number of hydrogen-bond acceptors (Lipinski definition) is 2. The second-order valence-corrected chi connectivity index (χ2v) is 9.41. The second-order valence-electron chi connectivity index (χ2n) is 9.41. The van der Waals surface area contributed by atoms with Crippen molar-refractivity contribution in [3.63, 3.8) is 0 Å². The highest BCUT2D eigenvalue weighted by Crippen LogP contribution is 2.23. The van der Waals surface area contributed by atoms with E-state index in [4.69, 9.17) is 11.5 Å². The molecule has 0 aliphatic rings. The lowest BCUT2D eigenvalue weighted by atomic mass is 9.87. The van der Waals surface area contributed by atoms with Crippen LogP contribution in [0, 0.1) is 11.8 Å². The summed E-state index contributed by atoms with van der Waals surface area (Å²) in [6.45, 7) is 9.17. The molecule has 0 aromatic carbocycles. The van der Waals surface area contributed by atoms with Crippen LogP contribution in [0.1, 0.15) is 143 Å². The highest BCUT2D eigenvalue weighted by atomic mass is 14.6. The van der Waals surface area contributed by atoms with Crippen LogP contribution in [-0.2, 0) is 0 Å². The minimum atomic E-state index is 0.433. The molecule has 0 radical (unpaired) electrons. The predicted molar refractivity (Wildman–Crippen MR) is 129 cm³/mol. The number of nitrogens with two attached hydrogens (primary N) is 2. The molecule has 0 amide bonds. The molecule has 0 rings (SSSR count). The quantitative estimate of drug-likeness (QED) is 0.193. The Kier molecular flexibility index (Phi) is 20.1. The molecule has 170 valence electrons. The Morgan fingerprint density at radius 3 is 1.07 bits per heavy atom. The highest BCUT2D eigenvalue weighted by Gasteiger charge is 2.17. The van der Waals surface area contributed by atoms with Gasteiger partial charge >= 0.3 is 0 Å². The SMILES string of the molecule is CCCCC(CCC)C(N)CCCCCCCCC(N)C(CCC)CCCC. The summed E-state index contributed by atoms with van der Waals surface area (Å²) in [5.41, 5.74) is 13.0. The Bertz CT molecular complexity index is 275. The first kappa shape index (κ1) is 27.9. The van der Waals surface area contributed by atoms with Gasteiger partial charge in [-0.25, -0.2) is 0 Å². The van der Waals surface area contributed by atoms with Crippen LogP contribution in [-0.4, -0.2) is 12.1 Å². The zero-order valence-corrected chi connectivity index (χ0v) is 20.2. The number of rotatable bonds is 21. The maximum atomic E-state index is 6.51. The van der Waals surface area contributed by atoms with Crippen LogP contribution in [0.5, 0.6) is 0 Å². The van der Waals surface area contributed by atoms with E-state index in [1.54, 1.807) is 0 Å². The van der Waals surface area contributed by atoms with Crippen molar-refractivity contribution in [3.8, 4) is 0 Å². The average molecular weight is 397 g/mol.